The van der Waals surface area contributed by atoms with Crippen LogP contribution < -0.4 is 0 Å². The fourth-order valence-corrected chi connectivity index (χ4v) is 1.24. The second kappa shape index (κ2) is 2.52. The molecule has 64 valence electrons. The van der Waals surface area contributed by atoms with Crippen LogP contribution in [0.4, 0.5) is 8.78 Å². The lowest BCUT2D eigenvalue weighted by molar-refractivity contribution is 0.377. The maximum Gasteiger partial charge on any atom is 0.129 e. The van der Waals surface area contributed by atoms with Crippen molar-refractivity contribution in [2.75, 3.05) is 0 Å². The molecule has 0 aliphatic carbocycles. The van der Waals surface area contributed by atoms with Crippen molar-refractivity contribution in [3.05, 3.63) is 35.4 Å². The van der Waals surface area contributed by atoms with Crippen molar-refractivity contribution in [2.45, 2.75) is 19.1 Å². The number of benzene rings is 1. The summed E-state index contributed by atoms with van der Waals surface area (Å²) in [6.07, 6.45) is -0.234. The molecule has 2 atom stereocenters. The Bertz CT molecular complexity index is 311. The maximum absolute atomic E-state index is 13.0. The van der Waals surface area contributed by atoms with E-state index in [0.717, 1.165) is 12.1 Å². The average Bonchev–Trinajstić information content (AvgIpc) is 2.73. The molecule has 0 radical (unpaired) electrons. The van der Waals surface area contributed by atoms with Crippen molar-refractivity contribution in [3.63, 3.8) is 0 Å². The van der Waals surface area contributed by atoms with Gasteiger partial charge in [-0.05, 0) is 25.1 Å². The summed E-state index contributed by atoms with van der Waals surface area (Å²) in [6, 6.07) is 3.41. The number of hydrogen-bond acceptors (Lipinski definition) is 1. The first-order valence-corrected chi connectivity index (χ1v) is 3.79. The predicted octanol–water partition coefficient (Wildman–Crippen LogP) is 2.42. The van der Waals surface area contributed by atoms with E-state index in [1.807, 2.05) is 6.92 Å². The van der Waals surface area contributed by atoms with Gasteiger partial charge in [0.2, 0.25) is 0 Å². The summed E-state index contributed by atoms with van der Waals surface area (Å²) in [5, 5.41) is 0. The highest BCUT2D eigenvalue weighted by atomic mass is 19.1. The van der Waals surface area contributed by atoms with Crippen molar-refractivity contribution in [2.24, 2.45) is 0 Å². The van der Waals surface area contributed by atoms with Crippen LogP contribution in [0.5, 0.6) is 0 Å². The van der Waals surface area contributed by atoms with Gasteiger partial charge in [0.1, 0.15) is 17.7 Å². The van der Waals surface area contributed by atoms with E-state index in [9.17, 15) is 8.78 Å². The lowest BCUT2D eigenvalue weighted by atomic mass is 10.1. The molecule has 0 amide bonds. The molecule has 1 aromatic rings. The second-order valence-electron chi connectivity index (χ2n) is 2.93. The molecular weight excluding hydrogens is 162 g/mol. The smallest absolute Gasteiger partial charge is 0.129 e. The number of hydrogen-bond donors (Lipinski definition) is 0. The van der Waals surface area contributed by atoms with E-state index in [0.29, 0.717) is 5.56 Å². The molecule has 1 saturated heterocycles. The van der Waals surface area contributed by atoms with Crippen LogP contribution in [0.25, 0.3) is 0 Å². The minimum absolute atomic E-state index is 0.0151. The third kappa shape index (κ3) is 1.20. The number of rotatable bonds is 1. The van der Waals surface area contributed by atoms with Crippen molar-refractivity contribution in [1.82, 2.24) is 0 Å². The lowest BCUT2D eigenvalue weighted by Gasteiger charge is -1.97. The van der Waals surface area contributed by atoms with E-state index >= 15 is 0 Å². The minimum Gasteiger partial charge on any atom is -0.365 e. The van der Waals surface area contributed by atoms with Crippen LogP contribution in [-0.4, -0.2) is 6.10 Å². The van der Waals surface area contributed by atoms with Crippen LogP contribution in [0.1, 0.15) is 18.6 Å². The quantitative estimate of drug-likeness (QED) is 0.589. The molecule has 0 spiro atoms. The highest BCUT2D eigenvalue weighted by Crippen LogP contribution is 2.39. The molecule has 0 bridgehead atoms. The third-order valence-corrected chi connectivity index (χ3v) is 1.98. The first-order chi connectivity index (χ1) is 5.68. The van der Waals surface area contributed by atoms with Crippen molar-refractivity contribution in [1.29, 1.82) is 0 Å². The van der Waals surface area contributed by atoms with Gasteiger partial charge in [-0.3, -0.25) is 0 Å². The van der Waals surface area contributed by atoms with E-state index in [4.69, 9.17) is 4.74 Å². The number of ether oxygens (including phenoxy) is 1. The highest BCUT2D eigenvalue weighted by molar-refractivity contribution is 5.24. The molecule has 1 aliphatic rings. The van der Waals surface area contributed by atoms with Gasteiger partial charge in [-0.2, -0.15) is 0 Å². The Kier molecular flexibility index (Phi) is 1.61. The Balaban J connectivity index is 2.36. The molecule has 12 heavy (non-hydrogen) atoms. The largest absolute Gasteiger partial charge is 0.365 e. The summed E-state index contributed by atoms with van der Waals surface area (Å²) < 4.78 is 30.7. The van der Waals surface area contributed by atoms with E-state index in [1.54, 1.807) is 0 Å². The molecule has 1 aromatic carbocycles. The summed E-state index contributed by atoms with van der Waals surface area (Å²) >= 11 is 0. The molecule has 3 heteroatoms. The zero-order valence-corrected chi connectivity index (χ0v) is 6.55. The summed E-state index contributed by atoms with van der Waals surface area (Å²) in [5.74, 6) is -0.820. The van der Waals surface area contributed by atoms with E-state index < -0.39 is 11.6 Å². The molecule has 0 saturated carbocycles. The zero-order chi connectivity index (χ0) is 8.72. The average molecular weight is 170 g/mol. The number of halogens is 2. The molecule has 1 aliphatic heterocycles. The van der Waals surface area contributed by atoms with Gasteiger partial charge < -0.3 is 4.74 Å². The summed E-state index contributed by atoms with van der Waals surface area (Å²) in [7, 11) is 0. The van der Waals surface area contributed by atoms with E-state index in [2.05, 4.69) is 0 Å². The van der Waals surface area contributed by atoms with Crippen LogP contribution >= 0.6 is 0 Å². The molecule has 1 heterocycles. The van der Waals surface area contributed by atoms with Gasteiger partial charge in [0.15, 0.2) is 0 Å². The number of epoxide rings is 1. The summed E-state index contributed by atoms with van der Waals surface area (Å²) in [4.78, 5) is 0. The van der Waals surface area contributed by atoms with Gasteiger partial charge in [0.05, 0.1) is 6.10 Å². The van der Waals surface area contributed by atoms with Gasteiger partial charge in [-0.15, -0.1) is 0 Å². The Morgan fingerprint density at radius 3 is 2.58 bits per heavy atom. The van der Waals surface area contributed by atoms with Crippen LogP contribution in [-0.2, 0) is 4.74 Å². The normalized spacial score (nSPS) is 27.2. The molecule has 1 nitrogen and oxygen atoms in total. The molecular formula is C9H8F2O. The Morgan fingerprint density at radius 1 is 1.33 bits per heavy atom. The van der Waals surface area contributed by atoms with Crippen molar-refractivity contribution in [3.8, 4) is 0 Å². The van der Waals surface area contributed by atoms with Gasteiger partial charge in [-0.1, -0.05) is 0 Å². The standard InChI is InChI=1S/C9H8F2O/c1-5-9(12-5)7-4-6(10)2-3-8(7)11/h2-5,9H,1H3. The Morgan fingerprint density at radius 2 is 2.00 bits per heavy atom. The topological polar surface area (TPSA) is 12.5 Å². The molecule has 1 fully saturated rings. The monoisotopic (exact) mass is 170 g/mol. The maximum atomic E-state index is 13.0. The Hall–Kier alpha value is -0.960. The predicted molar refractivity (Wildman–Crippen MR) is 39.6 cm³/mol. The minimum atomic E-state index is -0.422. The van der Waals surface area contributed by atoms with Crippen LogP contribution in [0.3, 0.4) is 0 Å². The van der Waals surface area contributed by atoms with Gasteiger partial charge in [-0.25, -0.2) is 8.78 Å². The van der Waals surface area contributed by atoms with E-state index in [-0.39, 0.29) is 12.2 Å². The SMILES string of the molecule is CC1OC1c1cc(F)ccc1F. The fourth-order valence-electron chi connectivity index (χ4n) is 1.24. The first kappa shape index (κ1) is 7.68. The van der Waals surface area contributed by atoms with Crippen molar-refractivity contribution < 1.29 is 13.5 Å². The van der Waals surface area contributed by atoms with Crippen molar-refractivity contribution >= 4 is 0 Å². The molecule has 2 rings (SSSR count). The third-order valence-electron chi connectivity index (χ3n) is 1.98. The fraction of sp³-hybridized carbons (Fsp3) is 0.333. The van der Waals surface area contributed by atoms with Gasteiger partial charge in [0.25, 0.3) is 0 Å². The molecule has 0 N–H and O–H groups in total. The van der Waals surface area contributed by atoms with E-state index in [1.165, 1.54) is 6.07 Å². The molecule has 0 aromatic heterocycles. The highest BCUT2D eigenvalue weighted by Gasteiger charge is 2.37. The lowest BCUT2D eigenvalue weighted by Crippen LogP contribution is -1.90. The van der Waals surface area contributed by atoms with Gasteiger partial charge >= 0.3 is 0 Å². The summed E-state index contributed by atoms with van der Waals surface area (Å²) in [5.41, 5.74) is 0.322. The van der Waals surface area contributed by atoms with Crippen LogP contribution in [0.15, 0.2) is 18.2 Å². The Labute approximate surface area is 69.0 Å². The van der Waals surface area contributed by atoms with Crippen LogP contribution in [0.2, 0.25) is 0 Å². The zero-order valence-electron chi connectivity index (χ0n) is 6.55. The first-order valence-electron chi connectivity index (χ1n) is 3.79. The second-order valence-corrected chi connectivity index (χ2v) is 2.93. The van der Waals surface area contributed by atoms with Crippen LogP contribution in [0, 0.1) is 11.6 Å². The van der Waals surface area contributed by atoms with Gasteiger partial charge in [0, 0.05) is 5.56 Å². The summed E-state index contributed by atoms with van der Waals surface area (Å²) in [6.45, 7) is 1.83. The molecule has 2 unspecified atom stereocenters.